The summed E-state index contributed by atoms with van der Waals surface area (Å²) in [4.78, 5) is 19.6. The summed E-state index contributed by atoms with van der Waals surface area (Å²) in [6.45, 7) is 2.01. The van der Waals surface area contributed by atoms with Crippen molar-refractivity contribution in [2.24, 2.45) is 4.99 Å². The first kappa shape index (κ1) is 19.0. The molecular weight excluding hydrogens is 384 g/mol. The van der Waals surface area contributed by atoms with Crippen molar-refractivity contribution in [3.8, 4) is 5.75 Å². The Morgan fingerprint density at radius 1 is 1.00 bits per heavy atom. The molecule has 0 unspecified atom stereocenters. The van der Waals surface area contributed by atoms with Gasteiger partial charge in [-0.1, -0.05) is 53.6 Å². The van der Waals surface area contributed by atoms with E-state index in [9.17, 15) is 4.79 Å². The summed E-state index contributed by atoms with van der Waals surface area (Å²) in [6.07, 6.45) is 1.76. The number of hydrogen-bond donors (Lipinski definition) is 0. The van der Waals surface area contributed by atoms with E-state index in [1.807, 2.05) is 67.6 Å². The third-order valence-corrected chi connectivity index (χ3v) is 4.90. The minimum atomic E-state index is -0.199. The number of rotatable bonds is 4. The van der Waals surface area contributed by atoms with E-state index in [4.69, 9.17) is 21.3 Å². The van der Waals surface area contributed by atoms with Gasteiger partial charge in [-0.25, -0.2) is 4.99 Å². The first-order chi connectivity index (χ1) is 14.1. The summed E-state index contributed by atoms with van der Waals surface area (Å²) >= 11 is 6.04. The molecule has 0 atom stereocenters. The maximum atomic E-state index is 13.3. The van der Waals surface area contributed by atoms with E-state index in [-0.39, 0.29) is 5.91 Å². The van der Waals surface area contributed by atoms with E-state index in [1.165, 1.54) is 0 Å². The Morgan fingerprint density at radius 2 is 1.76 bits per heavy atom. The molecule has 0 radical (unpaired) electrons. The molecule has 0 bridgehead atoms. The number of carbonyl (C=O) groups excluding carboxylic acids is 1. The molecule has 5 heteroatoms. The van der Waals surface area contributed by atoms with Crippen LogP contribution in [0.25, 0.3) is 6.08 Å². The lowest BCUT2D eigenvalue weighted by atomic mass is 10.1. The number of ether oxygens (including phenoxy) is 1. The van der Waals surface area contributed by atoms with Gasteiger partial charge in [0.25, 0.3) is 5.91 Å². The van der Waals surface area contributed by atoms with Crippen molar-refractivity contribution in [2.45, 2.75) is 6.92 Å². The van der Waals surface area contributed by atoms with Crippen molar-refractivity contribution < 1.29 is 9.53 Å². The monoisotopic (exact) mass is 402 g/mol. The van der Waals surface area contributed by atoms with Gasteiger partial charge < -0.3 is 4.74 Å². The number of amides is 1. The largest absolute Gasteiger partial charge is 0.496 e. The maximum Gasteiger partial charge on any atom is 0.282 e. The highest BCUT2D eigenvalue weighted by Crippen LogP contribution is 2.30. The Balaban J connectivity index is 1.85. The zero-order chi connectivity index (χ0) is 20.4. The van der Waals surface area contributed by atoms with Crippen LogP contribution in [-0.4, -0.2) is 18.9 Å². The molecule has 4 rings (SSSR count). The standard InChI is InChI=1S/C24H19ClN2O2/c1-16-6-5-8-18(14-16)23-26-21(15-17-7-3-4-9-22(17)29-2)24(28)27(23)20-12-10-19(25)11-13-20/h3-15H,1-2H3/b21-15+. The molecule has 0 N–H and O–H groups in total. The second-order valence-corrected chi connectivity index (χ2v) is 7.13. The Kier molecular flexibility index (Phi) is 5.19. The molecule has 3 aromatic carbocycles. The second-order valence-electron chi connectivity index (χ2n) is 6.69. The van der Waals surface area contributed by atoms with Crippen molar-refractivity contribution in [3.05, 3.63) is 100 Å². The fourth-order valence-electron chi connectivity index (χ4n) is 3.26. The highest BCUT2D eigenvalue weighted by atomic mass is 35.5. The lowest BCUT2D eigenvalue weighted by molar-refractivity contribution is -0.113. The number of aryl methyl sites for hydroxylation is 1. The van der Waals surface area contributed by atoms with Crippen LogP contribution in [0.1, 0.15) is 16.7 Å². The van der Waals surface area contributed by atoms with Gasteiger partial charge in [0.1, 0.15) is 17.3 Å². The number of halogens is 1. The van der Waals surface area contributed by atoms with Crippen LogP contribution >= 0.6 is 11.6 Å². The molecule has 0 spiro atoms. The van der Waals surface area contributed by atoms with Crippen LogP contribution in [0.15, 0.2) is 83.5 Å². The SMILES string of the molecule is COc1ccccc1/C=C1/N=C(c2cccc(C)c2)N(c2ccc(Cl)cc2)C1=O. The predicted octanol–water partition coefficient (Wildman–Crippen LogP) is 5.49. The lowest BCUT2D eigenvalue weighted by Gasteiger charge is -2.19. The molecule has 4 nitrogen and oxygen atoms in total. The molecule has 0 aliphatic carbocycles. The van der Waals surface area contributed by atoms with E-state index < -0.39 is 0 Å². The molecule has 1 amide bonds. The number of anilines is 1. The lowest BCUT2D eigenvalue weighted by Crippen LogP contribution is -2.32. The summed E-state index contributed by atoms with van der Waals surface area (Å²) in [5.74, 6) is 1.07. The van der Waals surface area contributed by atoms with Crippen LogP contribution in [0.2, 0.25) is 5.02 Å². The predicted molar refractivity (Wildman–Crippen MR) is 118 cm³/mol. The minimum absolute atomic E-state index is 0.199. The van der Waals surface area contributed by atoms with E-state index in [2.05, 4.69) is 0 Å². The summed E-state index contributed by atoms with van der Waals surface area (Å²) in [5.41, 5.74) is 3.82. The molecule has 0 saturated carbocycles. The molecule has 1 aliphatic rings. The molecule has 0 aromatic heterocycles. The fraction of sp³-hybridized carbons (Fsp3) is 0.0833. The summed E-state index contributed by atoms with van der Waals surface area (Å²) in [7, 11) is 1.61. The van der Waals surface area contributed by atoms with Crippen molar-refractivity contribution >= 4 is 35.1 Å². The molecular formula is C24H19ClN2O2. The third kappa shape index (κ3) is 3.80. The summed E-state index contributed by atoms with van der Waals surface area (Å²) in [6, 6.07) is 22.6. The topological polar surface area (TPSA) is 41.9 Å². The summed E-state index contributed by atoms with van der Waals surface area (Å²) in [5, 5.41) is 0.610. The smallest absolute Gasteiger partial charge is 0.282 e. The van der Waals surface area contributed by atoms with Gasteiger partial charge >= 0.3 is 0 Å². The molecule has 0 fully saturated rings. The highest BCUT2D eigenvalue weighted by Gasteiger charge is 2.32. The van der Waals surface area contributed by atoms with Crippen molar-refractivity contribution in [1.29, 1.82) is 0 Å². The van der Waals surface area contributed by atoms with Crippen LogP contribution in [0.3, 0.4) is 0 Å². The first-order valence-electron chi connectivity index (χ1n) is 9.17. The first-order valence-corrected chi connectivity index (χ1v) is 9.55. The van der Waals surface area contributed by atoms with Crippen LogP contribution in [0.5, 0.6) is 5.75 Å². The summed E-state index contributed by atoms with van der Waals surface area (Å²) < 4.78 is 5.41. The van der Waals surface area contributed by atoms with E-state index in [0.29, 0.717) is 28.0 Å². The van der Waals surface area contributed by atoms with Crippen LogP contribution in [-0.2, 0) is 4.79 Å². The van der Waals surface area contributed by atoms with Crippen molar-refractivity contribution in [3.63, 3.8) is 0 Å². The number of aliphatic imine (C=N–C) groups is 1. The van der Waals surface area contributed by atoms with E-state index in [1.54, 1.807) is 30.2 Å². The molecule has 1 heterocycles. The number of para-hydroxylation sites is 1. The van der Waals surface area contributed by atoms with Crippen LogP contribution in [0, 0.1) is 6.92 Å². The van der Waals surface area contributed by atoms with Crippen molar-refractivity contribution in [1.82, 2.24) is 0 Å². The quantitative estimate of drug-likeness (QED) is 0.541. The van der Waals surface area contributed by atoms with Gasteiger partial charge in [-0.3, -0.25) is 9.69 Å². The average Bonchev–Trinajstić information content (AvgIpc) is 3.05. The normalized spacial score (nSPS) is 15.0. The zero-order valence-corrected chi connectivity index (χ0v) is 16.9. The zero-order valence-electron chi connectivity index (χ0n) is 16.1. The third-order valence-electron chi connectivity index (χ3n) is 4.65. The second kappa shape index (κ2) is 7.94. The number of benzene rings is 3. The average molecular weight is 403 g/mol. The Hall–Kier alpha value is -3.37. The number of amidine groups is 1. The number of hydrogen-bond acceptors (Lipinski definition) is 3. The molecule has 3 aromatic rings. The van der Waals surface area contributed by atoms with Crippen LogP contribution < -0.4 is 9.64 Å². The van der Waals surface area contributed by atoms with E-state index in [0.717, 1.165) is 16.7 Å². The van der Waals surface area contributed by atoms with Gasteiger partial charge in [0.05, 0.1) is 12.8 Å². The Bertz CT molecular complexity index is 1130. The Morgan fingerprint density at radius 3 is 2.48 bits per heavy atom. The molecule has 1 aliphatic heterocycles. The maximum absolute atomic E-state index is 13.3. The number of methoxy groups -OCH3 is 1. The van der Waals surface area contributed by atoms with Crippen LogP contribution in [0.4, 0.5) is 5.69 Å². The van der Waals surface area contributed by atoms with Gasteiger partial charge in [-0.2, -0.15) is 0 Å². The van der Waals surface area contributed by atoms with Gasteiger partial charge in [0, 0.05) is 16.1 Å². The Labute approximate surface area is 174 Å². The van der Waals surface area contributed by atoms with Gasteiger partial charge in [0.15, 0.2) is 0 Å². The van der Waals surface area contributed by atoms with Gasteiger partial charge in [-0.15, -0.1) is 0 Å². The molecule has 0 saturated heterocycles. The molecule has 29 heavy (non-hydrogen) atoms. The molecule has 144 valence electrons. The number of nitrogens with zero attached hydrogens (tertiary/aromatic N) is 2. The fourth-order valence-corrected chi connectivity index (χ4v) is 3.38. The number of carbonyl (C=O) groups is 1. The van der Waals surface area contributed by atoms with E-state index >= 15 is 0 Å². The van der Waals surface area contributed by atoms with Gasteiger partial charge in [0.2, 0.25) is 0 Å². The highest BCUT2D eigenvalue weighted by molar-refractivity contribution is 6.34. The van der Waals surface area contributed by atoms with Gasteiger partial charge in [-0.05, 0) is 49.4 Å². The van der Waals surface area contributed by atoms with Crippen molar-refractivity contribution in [2.75, 3.05) is 12.0 Å². The minimum Gasteiger partial charge on any atom is -0.496 e.